The van der Waals surface area contributed by atoms with Crippen LogP contribution >= 0.6 is 0 Å². The molecule has 0 bridgehead atoms. The lowest BCUT2D eigenvalue weighted by molar-refractivity contribution is -0.111. The van der Waals surface area contributed by atoms with Gasteiger partial charge >= 0.3 is 0 Å². The first-order chi connectivity index (χ1) is 15.1. The normalized spacial score (nSPS) is 11.7. The Kier molecular flexibility index (Phi) is 8.02. The first-order valence-electron chi connectivity index (χ1n) is 10.6. The van der Waals surface area contributed by atoms with Gasteiger partial charge in [0.05, 0.1) is 5.57 Å². The van der Waals surface area contributed by atoms with Crippen molar-refractivity contribution in [1.82, 2.24) is 4.90 Å². The van der Waals surface area contributed by atoms with Gasteiger partial charge in [0, 0.05) is 12.2 Å². The van der Waals surface area contributed by atoms with Crippen LogP contribution in [0.15, 0.2) is 84.9 Å². The number of anilines is 1. The van der Waals surface area contributed by atoms with Crippen LogP contribution in [0.25, 0.3) is 11.1 Å². The smallest absolute Gasteiger partial charge is 0.256 e. The molecule has 0 unspecified atom stereocenters. The summed E-state index contributed by atoms with van der Waals surface area (Å²) >= 11 is 0. The second kappa shape index (κ2) is 11.1. The molecule has 3 aromatic rings. The third-order valence-electron chi connectivity index (χ3n) is 4.99. The molecule has 3 aromatic carbocycles. The summed E-state index contributed by atoms with van der Waals surface area (Å²) in [6.07, 6.45) is 0.750. The zero-order valence-corrected chi connectivity index (χ0v) is 18.5. The van der Waals surface area contributed by atoms with E-state index in [1.165, 1.54) is 0 Å². The summed E-state index contributed by atoms with van der Waals surface area (Å²) in [6.45, 7) is 3.55. The number of amides is 1. The Morgan fingerprint density at radius 1 is 0.839 bits per heavy atom. The highest BCUT2D eigenvalue weighted by Gasteiger charge is 2.18. The molecular formula is C27H30N2O2. The van der Waals surface area contributed by atoms with Gasteiger partial charge in [-0.25, -0.2) is 0 Å². The van der Waals surface area contributed by atoms with Gasteiger partial charge in [0.15, 0.2) is 0 Å². The van der Waals surface area contributed by atoms with Gasteiger partial charge in [-0.05, 0) is 61.5 Å². The van der Waals surface area contributed by atoms with Crippen LogP contribution in [-0.2, 0) is 4.79 Å². The Morgan fingerprint density at radius 3 is 1.97 bits per heavy atom. The summed E-state index contributed by atoms with van der Waals surface area (Å²) in [7, 11) is 4.03. The Balaban J connectivity index is 1.85. The van der Waals surface area contributed by atoms with Gasteiger partial charge in [-0.1, -0.05) is 67.6 Å². The van der Waals surface area contributed by atoms with Crippen LogP contribution in [0.1, 0.15) is 24.5 Å². The average molecular weight is 415 g/mol. The molecule has 1 amide bonds. The van der Waals surface area contributed by atoms with Gasteiger partial charge in [-0.15, -0.1) is 0 Å². The number of carbonyl (C=O) groups is 1. The number of hydrogen-bond acceptors (Lipinski definition) is 3. The van der Waals surface area contributed by atoms with Crippen LogP contribution in [0.3, 0.4) is 0 Å². The van der Waals surface area contributed by atoms with Crippen molar-refractivity contribution in [3.63, 3.8) is 0 Å². The van der Waals surface area contributed by atoms with Crippen molar-refractivity contribution in [2.75, 3.05) is 32.6 Å². The number of carbonyl (C=O) groups excluding carboxylic acids is 1. The Hall–Kier alpha value is -3.37. The minimum absolute atomic E-state index is 0.117. The zero-order chi connectivity index (χ0) is 22.1. The third kappa shape index (κ3) is 6.30. The lowest BCUT2D eigenvalue weighted by atomic mass is 9.92. The van der Waals surface area contributed by atoms with E-state index in [-0.39, 0.29) is 5.91 Å². The molecule has 0 radical (unpaired) electrons. The van der Waals surface area contributed by atoms with Crippen molar-refractivity contribution in [3.05, 3.63) is 96.1 Å². The van der Waals surface area contributed by atoms with Gasteiger partial charge in [-0.3, -0.25) is 4.79 Å². The summed E-state index contributed by atoms with van der Waals surface area (Å²) < 4.78 is 5.74. The minimum Gasteiger partial charge on any atom is -0.492 e. The van der Waals surface area contributed by atoms with E-state index in [4.69, 9.17) is 4.74 Å². The Bertz CT molecular complexity index is 994. The SMILES string of the molecule is CCC(=C(C(=O)Nc1ccc(OCCN(C)C)cc1)c1ccccc1)c1ccccc1. The molecule has 160 valence electrons. The first kappa shape index (κ1) is 22.3. The number of rotatable bonds is 9. The maximum Gasteiger partial charge on any atom is 0.256 e. The number of ether oxygens (including phenoxy) is 1. The predicted molar refractivity (Wildman–Crippen MR) is 129 cm³/mol. The number of allylic oxidation sites excluding steroid dienone is 1. The van der Waals surface area contributed by atoms with Crippen molar-refractivity contribution in [1.29, 1.82) is 0 Å². The Morgan fingerprint density at radius 2 is 1.42 bits per heavy atom. The van der Waals surface area contributed by atoms with E-state index in [1.807, 2.05) is 86.9 Å². The number of likely N-dealkylation sites (N-methyl/N-ethyl adjacent to an activating group) is 1. The maximum atomic E-state index is 13.4. The lowest BCUT2D eigenvalue weighted by Gasteiger charge is -2.16. The van der Waals surface area contributed by atoms with E-state index < -0.39 is 0 Å². The van der Waals surface area contributed by atoms with Crippen molar-refractivity contribution >= 4 is 22.7 Å². The summed E-state index contributed by atoms with van der Waals surface area (Å²) in [5.74, 6) is 0.672. The minimum atomic E-state index is -0.117. The standard InChI is InChI=1S/C27H30N2O2/c1-4-25(21-11-7-5-8-12-21)26(22-13-9-6-10-14-22)27(30)28-23-15-17-24(18-16-23)31-20-19-29(2)3/h5-18H,4,19-20H2,1-3H3,(H,28,30). The summed E-state index contributed by atoms with van der Waals surface area (Å²) in [4.78, 5) is 15.5. The highest BCUT2D eigenvalue weighted by atomic mass is 16.5. The molecule has 0 saturated heterocycles. The van der Waals surface area contributed by atoms with Crippen LogP contribution in [0, 0.1) is 0 Å². The fourth-order valence-corrected chi connectivity index (χ4v) is 3.39. The second-order valence-electron chi connectivity index (χ2n) is 7.57. The molecule has 0 aliphatic heterocycles. The fourth-order valence-electron chi connectivity index (χ4n) is 3.39. The van der Waals surface area contributed by atoms with Crippen LogP contribution in [0.5, 0.6) is 5.75 Å². The molecule has 0 fully saturated rings. The molecule has 4 heteroatoms. The molecule has 0 aromatic heterocycles. The highest BCUT2D eigenvalue weighted by Crippen LogP contribution is 2.30. The summed E-state index contributed by atoms with van der Waals surface area (Å²) in [6, 6.07) is 27.4. The number of nitrogens with one attached hydrogen (secondary N) is 1. The fraction of sp³-hybridized carbons (Fsp3) is 0.222. The van der Waals surface area contributed by atoms with E-state index in [0.29, 0.717) is 12.2 Å². The number of nitrogens with zero attached hydrogens (tertiary/aromatic N) is 1. The molecule has 1 N–H and O–H groups in total. The van der Waals surface area contributed by atoms with Crippen LogP contribution < -0.4 is 10.1 Å². The van der Waals surface area contributed by atoms with E-state index in [0.717, 1.165) is 41.1 Å². The van der Waals surface area contributed by atoms with Gasteiger partial charge in [0.1, 0.15) is 12.4 Å². The largest absolute Gasteiger partial charge is 0.492 e. The summed E-state index contributed by atoms with van der Waals surface area (Å²) in [5, 5.41) is 3.07. The molecule has 4 nitrogen and oxygen atoms in total. The molecule has 0 heterocycles. The highest BCUT2D eigenvalue weighted by molar-refractivity contribution is 6.31. The molecule has 0 aliphatic rings. The number of hydrogen-bond donors (Lipinski definition) is 1. The van der Waals surface area contributed by atoms with Crippen LogP contribution in [-0.4, -0.2) is 38.1 Å². The van der Waals surface area contributed by atoms with Crippen LogP contribution in [0.2, 0.25) is 0 Å². The molecule has 0 spiro atoms. The van der Waals surface area contributed by atoms with E-state index in [1.54, 1.807) is 0 Å². The van der Waals surface area contributed by atoms with E-state index in [9.17, 15) is 4.79 Å². The monoisotopic (exact) mass is 414 g/mol. The van der Waals surface area contributed by atoms with Gasteiger partial charge < -0.3 is 15.0 Å². The average Bonchev–Trinajstić information content (AvgIpc) is 2.79. The van der Waals surface area contributed by atoms with E-state index >= 15 is 0 Å². The van der Waals surface area contributed by atoms with E-state index in [2.05, 4.69) is 29.3 Å². The number of benzene rings is 3. The molecule has 31 heavy (non-hydrogen) atoms. The maximum absolute atomic E-state index is 13.4. The van der Waals surface area contributed by atoms with Crippen molar-refractivity contribution in [2.24, 2.45) is 0 Å². The zero-order valence-electron chi connectivity index (χ0n) is 18.5. The summed E-state index contributed by atoms with van der Waals surface area (Å²) in [5.41, 5.74) is 4.42. The van der Waals surface area contributed by atoms with Gasteiger partial charge in [0.25, 0.3) is 5.91 Å². The lowest BCUT2D eigenvalue weighted by Crippen LogP contribution is -2.19. The quantitative estimate of drug-likeness (QED) is 0.367. The van der Waals surface area contributed by atoms with Crippen molar-refractivity contribution in [2.45, 2.75) is 13.3 Å². The molecule has 0 saturated carbocycles. The first-order valence-corrected chi connectivity index (χ1v) is 10.6. The Labute approximate surface area is 185 Å². The topological polar surface area (TPSA) is 41.6 Å². The molecule has 0 atom stereocenters. The third-order valence-corrected chi connectivity index (χ3v) is 4.99. The molecular weight excluding hydrogens is 384 g/mol. The van der Waals surface area contributed by atoms with Crippen molar-refractivity contribution in [3.8, 4) is 5.75 Å². The van der Waals surface area contributed by atoms with Gasteiger partial charge in [-0.2, -0.15) is 0 Å². The second-order valence-corrected chi connectivity index (χ2v) is 7.57. The van der Waals surface area contributed by atoms with Gasteiger partial charge in [0.2, 0.25) is 0 Å². The molecule has 3 rings (SSSR count). The van der Waals surface area contributed by atoms with Crippen LogP contribution in [0.4, 0.5) is 5.69 Å². The predicted octanol–water partition coefficient (Wildman–Crippen LogP) is 5.59. The molecule has 0 aliphatic carbocycles. The van der Waals surface area contributed by atoms with Crippen molar-refractivity contribution < 1.29 is 9.53 Å².